The lowest BCUT2D eigenvalue weighted by atomic mass is 10.1. The minimum atomic E-state index is -3.65. The van der Waals surface area contributed by atoms with Crippen LogP contribution in [0.25, 0.3) is 0 Å². The smallest absolute Gasteiger partial charge is 0.331 e. The number of hydrogen-bond acceptors (Lipinski definition) is 4. The molecule has 11 heavy (non-hydrogen) atoms. The van der Waals surface area contributed by atoms with E-state index in [1.54, 1.807) is 0 Å². The van der Waals surface area contributed by atoms with Crippen molar-refractivity contribution in [2.24, 2.45) is 0 Å². The van der Waals surface area contributed by atoms with Crippen LogP contribution in [0.15, 0.2) is 0 Å². The number of aliphatic hydroxyl groups is 2. The summed E-state index contributed by atoms with van der Waals surface area (Å²) in [5, 5.41) is 18.1. The van der Waals surface area contributed by atoms with Gasteiger partial charge in [0.15, 0.2) is 0 Å². The molecule has 0 radical (unpaired) electrons. The highest BCUT2D eigenvalue weighted by Crippen LogP contribution is 2.48. The number of hydrogen-bond donors (Lipinski definition) is 3. The topological polar surface area (TPSA) is 87.0 Å². The van der Waals surface area contributed by atoms with Crippen molar-refractivity contribution in [3.05, 3.63) is 0 Å². The van der Waals surface area contributed by atoms with Gasteiger partial charge in [0.1, 0.15) is 6.10 Å². The molecule has 0 spiro atoms. The van der Waals surface area contributed by atoms with Crippen molar-refractivity contribution < 1.29 is 24.2 Å². The van der Waals surface area contributed by atoms with Gasteiger partial charge in [-0.25, -0.2) is 0 Å². The SMILES string of the molecule is C[C@@H]1OP(=O)(O)C[C@@H](O)[C@H]1O. The lowest BCUT2D eigenvalue weighted by Crippen LogP contribution is -2.43. The van der Waals surface area contributed by atoms with Crippen LogP contribution in [0.5, 0.6) is 0 Å². The van der Waals surface area contributed by atoms with Crippen molar-refractivity contribution in [1.82, 2.24) is 0 Å². The fourth-order valence-corrected chi connectivity index (χ4v) is 2.44. The maximum absolute atomic E-state index is 10.9. The van der Waals surface area contributed by atoms with Crippen LogP contribution in [-0.4, -0.2) is 39.6 Å². The zero-order valence-electron chi connectivity index (χ0n) is 6.04. The molecule has 4 atom stereocenters. The summed E-state index contributed by atoms with van der Waals surface area (Å²) in [5.41, 5.74) is 0. The predicted molar refractivity (Wildman–Crippen MR) is 37.3 cm³/mol. The largest absolute Gasteiger partial charge is 0.390 e. The van der Waals surface area contributed by atoms with E-state index in [4.69, 9.17) is 15.1 Å². The molecule has 1 aliphatic rings. The van der Waals surface area contributed by atoms with Gasteiger partial charge in [0.05, 0.1) is 18.4 Å². The summed E-state index contributed by atoms with van der Waals surface area (Å²) in [4.78, 5) is 8.90. The van der Waals surface area contributed by atoms with Crippen molar-refractivity contribution in [3.8, 4) is 0 Å². The molecule has 1 unspecified atom stereocenters. The van der Waals surface area contributed by atoms with Crippen LogP contribution in [0.2, 0.25) is 0 Å². The van der Waals surface area contributed by atoms with Crippen LogP contribution in [0.1, 0.15) is 6.92 Å². The molecular weight excluding hydrogens is 171 g/mol. The first-order chi connectivity index (χ1) is 4.92. The average molecular weight is 182 g/mol. The molecule has 1 saturated heterocycles. The van der Waals surface area contributed by atoms with E-state index >= 15 is 0 Å². The first kappa shape index (κ1) is 9.16. The molecule has 1 heterocycles. The highest BCUT2D eigenvalue weighted by molar-refractivity contribution is 7.52. The molecule has 0 saturated carbocycles. The van der Waals surface area contributed by atoms with Gasteiger partial charge in [-0.05, 0) is 6.92 Å². The molecule has 5 nitrogen and oxygen atoms in total. The highest BCUT2D eigenvalue weighted by Gasteiger charge is 2.39. The predicted octanol–water partition coefficient (Wildman–Crippen LogP) is -0.688. The van der Waals surface area contributed by atoms with E-state index in [2.05, 4.69) is 4.52 Å². The lowest BCUT2D eigenvalue weighted by Gasteiger charge is -2.31. The summed E-state index contributed by atoms with van der Waals surface area (Å²) in [6.07, 6.45) is -3.40. The average Bonchev–Trinajstić information content (AvgIpc) is 1.81. The number of rotatable bonds is 0. The van der Waals surface area contributed by atoms with Gasteiger partial charge < -0.3 is 19.6 Å². The number of aliphatic hydroxyl groups excluding tert-OH is 2. The molecule has 6 heteroatoms. The Balaban J connectivity index is 2.70. The second-order valence-electron chi connectivity index (χ2n) is 2.69. The molecule has 0 aromatic carbocycles. The molecule has 0 amide bonds. The summed E-state index contributed by atoms with van der Waals surface area (Å²) in [5.74, 6) is 0. The van der Waals surface area contributed by atoms with Gasteiger partial charge in [-0.15, -0.1) is 0 Å². The molecule has 66 valence electrons. The van der Waals surface area contributed by atoms with Crippen LogP contribution in [0.4, 0.5) is 0 Å². The van der Waals surface area contributed by atoms with Crippen LogP contribution in [0.3, 0.4) is 0 Å². The quantitative estimate of drug-likeness (QED) is 0.432. The Bertz CT molecular complexity index is 177. The second kappa shape index (κ2) is 2.84. The van der Waals surface area contributed by atoms with Gasteiger partial charge in [0, 0.05) is 0 Å². The monoisotopic (exact) mass is 182 g/mol. The first-order valence-electron chi connectivity index (χ1n) is 3.29. The molecule has 3 N–H and O–H groups in total. The summed E-state index contributed by atoms with van der Waals surface area (Å²) in [6.45, 7) is 1.44. The minimum Gasteiger partial charge on any atom is -0.390 e. The standard InChI is InChI=1S/C5H11O5P/c1-3-5(7)4(6)2-11(8,9)10-3/h3-7H,2H2,1H3,(H,8,9)/t3-,4+,5-/m0/s1. The van der Waals surface area contributed by atoms with Crippen LogP contribution in [0, 0.1) is 0 Å². The molecule has 0 aliphatic carbocycles. The first-order valence-corrected chi connectivity index (χ1v) is 5.05. The maximum Gasteiger partial charge on any atom is 0.331 e. The van der Waals surface area contributed by atoms with Crippen LogP contribution in [-0.2, 0) is 9.09 Å². The Morgan fingerprint density at radius 1 is 1.55 bits per heavy atom. The normalized spacial score (nSPS) is 52.5. The van der Waals surface area contributed by atoms with Gasteiger partial charge in [0.25, 0.3) is 0 Å². The Kier molecular flexibility index (Phi) is 2.37. The van der Waals surface area contributed by atoms with Gasteiger partial charge in [0.2, 0.25) is 0 Å². The van der Waals surface area contributed by atoms with Gasteiger partial charge >= 0.3 is 7.60 Å². The highest BCUT2D eigenvalue weighted by atomic mass is 31.2. The van der Waals surface area contributed by atoms with Crippen LogP contribution < -0.4 is 0 Å². The van der Waals surface area contributed by atoms with Crippen molar-refractivity contribution in [3.63, 3.8) is 0 Å². The van der Waals surface area contributed by atoms with Gasteiger partial charge in [-0.1, -0.05) is 0 Å². The van der Waals surface area contributed by atoms with Gasteiger partial charge in [-0.3, -0.25) is 4.57 Å². The van der Waals surface area contributed by atoms with E-state index in [9.17, 15) is 4.57 Å². The van der Waals surface area contributed by atoms with E-state index in [1.807, 2.05) is 0 Å². The maximum atomic E-state index is 10.9. The Morgan fingerprint density at radius 2 is 2.09 bits per heavy atom. The summed E-state index contributed by atoms with van der Waals surface area (Å²) in [6, 6.07) is 0. The van der Waals surface area contributed by atoms with E-state index < -0.39 is 32.1 Å². The third-order valence-electron chi connectivity index (χ3n) is 1.62. The third-order valence-corrected chi connectivity index (χ3v) is 3.12. The van der Waals surface area contributed by atoms with Crippen molar-refractivity contribution in [2.45, 2.75) is 25.2 Å². The molecular formula is C5H11O5P. The van der Waals surface area contributed by atoms with Crippen molar-refractivity contribution in [2.75, 3.05) is 6.16 Å². The lowest BCUT2D eigenvalue weighted by molar-refractivity contribution is -0.0546. The zero-order chi connectivity index (χ0) is 8.65. The third kappa shape index (κ3) is 2.01. The molecule has 0 aromatic rings. The summed E-state index contributed by atoms with van der Waals surface area (Å²) < 4.78 is 15.4. The minimum absolute atomic E-state index is 0.390. The zero-order valence-corrected chi connectivity index (χ0v) is 6.94. The van der Waals surface area contributed by atoms with Crippen molar-refractivity contribution >= 4 is 7.60 Å². The van der Waals surface area contributed by atoms with E-state index in [-0.39, 0.29) is 0 Å². The van der Waals surface area contributed by atoms with E-state index in [1.165, 1.54) is 6.92 Å². The van der Waals surface area contributed by atoms with E-state index in [0.29, 0.717) is 0 Å². The fourth-order valence-electron chi connectivity index (χ4n) is 1.02. The Morgan fingerprint density at radius 3 is 2.55 bits per heavy atom. The Labute approximate surface area is 64.2 Å². The van der Waals surface area contributed by atoms with Crippen LogP contribution >= 0.6 is 7.60 Å². The van der Waals surface area contributed by atoms with Gasteiger partial charge in [-0.2, -0.15) is 0 Å². The molecule has 1 fully saturated rings. The molecule has 1 aliphatic heterocycles. The van der Waals surface area contributed by atoms with Crippen molar-refractivity contribution in [1.29, 1.82) is 0 Å². The summed E-state index contributed by atoms with van der Waals surface area (Å²) >= 11 is 0. The fraction of sp³-hybridized carbons (Fsp3) is 1.00. The Hall–Kier alpha value is 0.0700. The van der Waals surface area contributed by atoms with E-state index in [0.717, 1.165) is 0 Å². The summed E-state index contributed by atoms with van der Waals surface area (Å²) in [7, 11) is -3.65. The molecule has 0 aromatic heterocycles. The molecule has 1 rings (SSSR count). The molecule has 0 bridgehead atoms. The second-order valence-corrected chi connectivity index (χ2v) is 4.54.